The van der Waals surface area contributed by atoms with Crippen LogP contribution in [0.3, 0.4) is 0 Å². The minimum absolute atomic E-state index is 0.589. The number of halogens is 1. The standard InChI is InChI=1S/C13H17ClN2O/c1-3-16(7-8-17-4-2)13-6-5-12(14)9-11(13)10-15/h5-6,9H,3-4,7-8H2,1-2H3. The summed E-state index contributed by atoms with van der Waals surface area (Å²) in [5, 5.41) is 9.68. The van der Waals surface area contributed by atoms with Crippen molar-refractivity contribution in [3.8, 4) is 6.07 Å². The number of hydrogen-bond acceptors (Lipinski definition) is 3. The predicted molar refractivity (Wildman–Crippen MR) is 70.5 cm³/mol. The molecule has 0 bridgehead atoms. The highest BCUT2D eigenvalue weighted by Crippen LogP contribution is 2.23. The van der Waals surface area contributed by atoms with Crippen LogP contribution in [0.4, 0.5) is 5.69 Å². The van der Waals surface area contributed by atoms with Gasteiger partial charge in [-0.2, -0.15) is 5.26 Å². The molecule has 0 aliphatic heterocycles. The first-order valence-electron chi connectivity index (χ1n) is 5.75. The molecular weight excluding hydrogens is 236 g/mol. The molecule has 0 aromatic heterocycles. The van der Waals surface area contributed by atoms with Crippen LogP contribution in [0.2, 0.25) is 5.02 Å². The van der Waals surface area contributed by atoms with Crippen LogP contribution in [-0.2, 0) is 4.74 Å². The zero-order chi connectivity index (χ0) is 12.7. The summed E-state index contributed by atoms with van der Waals surface area (Å²) in [5.74, 6) is 0. The summed E-state index contributed by atoms with van der Waals surface area (Å²) < 4.78 is 5.33. The van der Waals surface area contributed by atoms with E-state index >= 15 is 0 Å². The average molecular weight is 253 g/mol. The molecule has 0 amide bonds. The molecule has 0 aliphatic carbocycles. The molecule has 3 nitrogen and oxygen atoms in total. The molecule has 0 atom stereocenters. The quantitative estimate of drug-likeness (QED) is 0.730. The molecular formula is C13H17ClN2O. The van der Waals surface area contributed by atoms with E-state index in [0.29, 0.717) is 23.8 Å². The lowest BCUT2D eigenvalue weighted by molar-refractivity contribution is 0.154. The Morgan fingerprint density at radius 3 is 2.76 bits per heavy atom. The lowest BCUT2D eigenvalue weighted by atomic mass is 10.1. The van der Waals surface area contributed by atoms with Gasteiger partial charge < -0.3 is 9.64 Å². The number of likely N-dealkylation sites (N-methyl/N-ethyl adjacent to an activating group) is 1. The lowest BCUT2D eigenvalue weighted by Crippen LogP contribution is -2.27. The minimum atomic E-state index is 0.589. The summed E-state index contributed by atoms with van der Waals surface area (Å²) in [4.78, 5) is 2.12. The van der Waals surface area contributed by atoms with Crippen molar-refractivity contribution < 1.29 is 4.74 Å². The second-order valence-electron chi connectivity index (χ2n) is 3.55. The van der Waals surface area contributed by atoms with Crippen LogP contribution in [0.15, 0.2) is 18.2 Å². The van der Waals surface area contributed by atoms with Crippen LogP contribution in [0, 0.1) is 11.3 Å². The van der Waals surface area contributed by atoms with Crippen molar-refractivity contribution in [1.82, 2.24) is 0 Å². The molecule has 0 spiro atoms. The number of rotatable bonds is 6. The van der Waals surface area contributed by atoms with Crippen LogP contribution in [0.25, 0.3) is 0 Å². The van der Waals surface area contributed by atoms with E-state index in [1.165, 1.54) is 0 Å². The summed E-state index contributed by atoms with van der Waals surface area (Å²) in [7, 11) is 0. The van der Waals surface area contributed by atoms with Crippen LogP contribution < -0.4 is 4.90 Å². The topological polar surface area (TPSA) is 36.3 Å². The van der Waals surface area contributed by atoms with Gasteiger partial charge in [0.2, 0.25) is 0 Å². The van der Waals surface area contributed by atoms with Crippen LogP contribution >= 0.6 is 11.6 Å². The largest absolute Gasteiger partial charge is 0.380 e. The van der Waals surface area contributed by atoms with Crippen molar-refractivity contribution in [2.75, 3.05) is 31.2 Å². The van der Waals surface area contributed by atoms with Gasteiger partial charge in [-0.15, -0.1) is 0 Å². The van der Waals surface area contributed by atoms with Gasteiger partial charge >= 0.3 is 0 Å². The molecule has 0 unspecified atom stereocenters. The van der Waals surface area contributed by atoms with E-state index in [9.17, 15) is 0 Å². The number of nitriles is 1. The normalized spacial score (nSPS) is 10.0. The molecule has 1 aromatic rings. The van der Waals surface area contributed by atoms with E-state index < -0.39 is 0 Å². The highest BCUT2D eigenvalue weighted by atomic mass is 35.5. The van der Waals surface area contributed by atoms with E-state index in [-0.39, 0.29) is 0 Å². The fourth-order valence-electron chi connectivity index (χ4n) is 1.64. The molecule has 0 N–H and O–H groups in total. The highest BCUT2D eigenvalue weighted by Gasteiger charge is 2.09. The fraction of sp³-hybridized carbons (Fsp3) is 0.462. The number of ether oxygens (including phenoxy) is 1. The first-order chi connectivity index (χ1) is 8.22. The Balaban J connectivity index is 2.84. The van der Waals surface area contributed by atoms with Crippen molar-refractivity contribution >= 4 is 17.3 Å². The Bertz CT molecular complexity index is 401. The molecule has 1 rings (SSSR count). The monoisotopic (exact) mass is 252 g/mol. The van der Waals surface area contributed by atoms with E-state index in [2.05, 4.69) is 17.9 Å². The molecule has 17 heavy (non-hydrogen) atoms. The molecule has 0 saturated carbocycles. The minimum Gasteiger partial charge on any atom is -0.380 e. The molecule has 0 fully saturated rings. The van der Waals surface area contributed by atoms with Gasteiger partial charge in [0.1, 0.15) is 6.07 Å². The van der Waals surface area contributed by atoms with Crippen LogP contribution in [-0.4, -0.2) is 26.3 Å². The summed E-state index contributed by atoms with van der Waals surface area (Å²) in [6.07, 6.45) is 0. The zero-order valence-electron chi connectivity index (χ0n) is 10.2. The van der Waals surface area contributed by atoms with Crippen molar-refractivity contribution in [2.45, 2.75) is 13.8 Å². The Morgan fingerprint density at radius 2 is 2.18 bits per heavy atom. The van der Waals surface area contributed by atoms with Gasteiger partial charge in [-0.25, -0.2) is 0 Å². The first-order valence-corrected chi connectivity index (χ1v) is 6.13. The van der Waals surface area contributed by atoms with Crippen LogP contribution in [0.5, 0.6) is 0 Å². The Hall–Kier alpha value is -1.24. The molecule has 0 saturated heterocycles. The Labute approximate surface area is 108 Å². The number of nitrogens with zero attached hydrogens (tertiary/aromatic N) is 2. The Kier molecular flexibility index (Phi) is 5.82. The predicted octanol–water partition coefficient (Wildman–Crippen LogP) is 3.07. The maximum absolute atomic E-state index is 9.09. The summed E-state index contributed by atoms with van der Waals surface area (Å²) in [5.41, 5.74) is 1.52. The smallest absolute Gasteiger partial charge is 0.101 e. The maximum atomic E-state index is 9.09. The average Bonchev–Trinajstić information content (AvgIpc) is 2.35. The Morgan fingerprint density at radius 1 is 1.41 bits per heavy atom. The number of benzene rings is 1. The van der Waals surface area contributed by atoms with Crippen molar-refractivity contribution in [2.24, 2.45) is 0 Å². The van der Waals surface area contributed by atoms with Crippen molar-refractivity contribution in [3.05, 3.63) is 28.8 Å². The van der Waals surface area contributed by atoms with E-state index in [1.807, 2.05) is 13.0 Å². The SMILES string of the molecule is CCOCCN(CC)c1ccc(Cl)cc1C#N. The van der Waals surface area contributed by atoms with Crippen molar-refractivity contribution in [3.63, 3.8) is 0 Å². The number of anilines is 1. The van der Waals surface area contributed by atoms with Gasteiger partial charge in [-0.05, 0) is 32.0 Å². The molecule has 0 aliphatic rings. The van der Waals surface area contributed by atoms with Gasteiger partial charge in [-0.3, -0.25) is 0 Å². The van der Waals surface area contributed by atoms with Crippen molar-refractivity contribution in [1.29, 1.82) is 5.26 Å². The van der Waals surface area contributed by atoms with Crippen LogP contribution in [0.1, 0.15) is 19.4 Å². The van der Waals surface area contributed by atoms with E-state index in [0.717, 1.165) is 18.8 Å². The van der Waals surface area contributed by atoms with E-state index in [1.54, 1.807) is 12.1 Å². The molecule has 92 valence electrons. The third-order valence-corrected chi connectivity index (χ3v) is 2.75. The lowest BCUT2D eigenvalue weighted by Gasteiger charge is -2.24. The molecule has 4 heteroatoms. The first kappa shape index (κ1) is 13.8. The van der Waals surface area contributed by atoms with Gasteiger partial charge in [-0.1, -0.05) is 11.6 Å². The molecule has 1 aromatic carbocycles. The number of hydrogen-bond donors (Lipinski definition) is 0. The van der Waals surface area contributed by atoms with Gasteiger partial charge in [0.25, 0.3) is 0 Å². The summed E-state index contributed by atoms with van der Waals surface area (Å²) in [6.45, 7) is 7.02. The van der Waals surface area contributed by atoms with Gasteiger partial charge in [0, 0.05) is 24.7 Å². The molecule has 0 heterocycles. The second kappa shape index (κ2) is 7.16. The fourth-order valence-corrected chi connectivity index (χ4v) is 1.81. The zero-order valence-corrected chi connectivity index (χ0v) is 11.0. The van der Waals surface area contributed by atoms with Gasteiger partial charge in [0.15, 0.2) is 0 Å². The summed E-state index contributed by atoms with van der Waals surface area (Å²) in [6, 6.07) is 7.56. The second-order valence-corrected chi connectivity index (χ2v) is 3.99. The third-order valence-electron chi connectivity index (χ3n) is 2.51. The molecule has 0 radical (unpaired) electrons. The van der Waals surface area contributed by atoms with Gasteiger partial charge in [0.05, 0.1) is 17.9 Å². The summed E-state index contributed by atoms with van der Waals surface area (Å²) >= 11 is 5.88. The third kappa shape index (κ3) is 3.92. The highest BCUT2D eigenvalue weighted by molar-refractivity contribution is 6.30. The maximum Gasteiger partial charge on any atom is 0.101 e. The van der Waals surface area contributed by atoms with E-state index in [4.69, 9.17) is 21.6 Å².